The summed E-state index contributed by atoms with van der Waals surface area (Å²) in [5.74, 6) is 3.61. The molecule has 2 aromatic rings. The molecule has 1 atom stereocenters. The van der Waals surface area contributed by atoms with E-state index in [9.17, 15) is 0 Å². The average molecular weight is 379 g/mol. The van der Waals surface area contributed by atoms with Crippen molar-refractivity contribution in [2.45, 2.75) is 77.6 Å². The third kappa shape index (κ3) is 5.63. The zero-order chi connectivity index (χ0) is 19.8. The Balaban J connectivity index is 1.52. The van der Waals surface area contributed by atoms with Gasteiger partial charge in [-0.05, 0) is 78.7 Å². The fourth-order valence-electron chi connectivity index (χ4n) is 4.92. The van der Waals surface area contributed by atoms with Crippen LogP contribution in [0.25, 0.3) is 11.1 Å². The zero-order valence-corrected chi connectivity index (χ0v) is 18.1. The predicted octanol–water partition coefficient (Wildman–Crippen LogP) is 8.24. The second-order valence-electron chi connectivity index (χ2n) is 8.72. The quantitative estimate of drug-likeness (QED) is 0.427. The van der Waals surface area contributed by atoms with Gasteiger partial charge < -0.3 is 4.74 Å². The third-order valence-electron chi connectivity index (χ3n) is 6.86. The first-order valence-electron chi connectivity index (χ1n) is 11.5. The Morgan fingerprint density at radius 3 is 2.00 bits per heavy atom. The van der Waals surface area contributed by atoms with Crippen LogP contribution in [-0.2, 0) is 0 Å². The van der Waals surface area contributed by atoms with Crippen molar-refractivity contribution in [2.75, 3.05) is 7.11 Å². The summed E-state index contributed by atoms with van der Waals surface area (Å²) in [6.07, 6.45) is 12.6. The van der Waals surface area contributed by atoms with Crippen LogP contribution in [0.1, 0.15) is 83.1 Å². The molecule has 0 radical (unpaired) electrons. The van der Waals surface area contributed by atoms with Crippen LogP contribution in [0.15, 0.2) is 48.5 Å². The van der Waals surface area contributed by atoms with Crippen LogP contribution < -0.4 is 4.74 Å². The second kappa shape index (κ2) is 10.7. The van der Waals surface area contributed by atoms with Crippen molar-refractivity contribution in [1.82, 2.24) is 0 Å². The average Bonchev–Trinajstić information content (AvgIpc) is 2.77. The minimum absolute atomic E-state index is 0.761. The number of benzene rings is 2. The normalized spacial score (nSPS) is 20.7. The van der Waals surface area contributed by atoms with Gasteiger partial charge in [0.2, 0.25) is 0 Å². The molecular formula is C27H38O. The maximum absolute atomic E-state index is 5.26. The molecule has 0 aromatic heterocycles. The second-order valence-corrected chi connectivity index (χ2v) is 8.72. The Kier molecular flexibility index (Phi) is 8.01. The number of methoxy groups -OCH3 is 1. The molecular weight excluding hydrogens is 340 g/mol. The lowest BCUT2D eigenvalue weighted by Gasteiger charge is -2.31. The number of rotatable bonds is 9. The van der Waals surface area contributed by atoms with Crippen LogP contribution in [0.3, 0.4) is 0 Å². The minimum Gasteiger partial charge on any atom is -0.497 e. The van der Waals surface area contributed by atoms with Crippen LogP contribution in [0.5, 0.6) is 5.75 Å². The lowest BCUT2D eigenvalue weighted by Crippen LogP contribution is -2.16. The molecule has 1 saturated carbocycles. The molecule has 1 unspecified atom stereocenters. The first kappa shape index (κ1) is 21.0. The van der Waals surface area contributed by atoms with Crippen LogP contribution in [0, 0.1) is 11.8 Å². The molecule has 0 spiro atoms. The van der Waals surface area contributed by atoms with Gasteiger partial charge in [0.05, 0.1) is 7.11 Å². The minimum atomic E-state index is 0.761. The zero-order valence-electron chi connectivity index (χ0n) is 18.1. The topological polar surface area (TPSA) is 9.23 Å². The molecule has 0 heterocycles. The predicted molar refractivity (Wildman–Crippen MR) is 121 cm³/mol. The van der Waals surface area contributed by atoms with Crippen molar-refractivity contribution in [3.63, 3.8) is 0 Å². The third-order valence-corrected chi connectivity index (χ3v) is 6.86. The standard InChI is InChI=1S/C27H38O/c1-4-6-7-21(5-2)20-22-8-10-23(11-9-22)24-12-14-25(15-13-24)26-16-18-27(28-3)19-17-26/h12-19,21-23H,4-11,20H2,1-3H3. The molecule has 0 saturated heterocycles. The molecule has 28 heavy (non-hydrogen) atoms. The Labute approximate surface area is 172 Å². The first-order valence-corrected chi connectivity index (χ1v) is 11.5. The molecule has 152 valence electrons. The maximum atomic E-state index is 5.26. The summed E-state index contributed by atoms with van der Waals surface area (Å²) in [6, 6.07) is 17.7. The Morgan fingerprint density at radius 1 is 0.857 bits per heavy atom. The van der Waals surface area contributed by atoms with Crippen molar-refractivity contribution in [2.24, 2.45) is 11.8 Å². The SMILES string of the molecule is CCCCC(CC)CC1CCC(c2ccc(-c3ccc(OC)cc3)cc2)CC1. The van der Waals surface area contributed by atoms with Crippen LogP contribution in [-0.4, -0.2) is 7.11 Å². The van der Waals surface area contributed by atoms with E-state index in [1.54, 1.807) is 7.11 Å². The highest BCUT2D eigenvalue weighted by Gasteiger charge is 2.24. The fraction of sp³-hybridized carbons (Fsp3) is 0.556. The molecule has 0 aliphatic heterocycles. The van der Waals surface area contributed by atoms with E-state index in [1.165, 1.54) is 74.5 Å². The van der Waals surface area contributed by atoms with E-state index in [1.807, 2.05) is 12.1 Å². The smallest absolute Gasteiger partial charge is 0.118 e. The molecule has 3 rings (SSSR count). The van der Waals surface area contributed by atoms with E-state index < -0.39 is 0 Å². The lowest BCUT2D eigenvalue weighted by atomic mass is 9.74. The van der Waals surface area contributed by atoms with Gasteiger partial charge in [0, 0.05) is 0 Å². The molecule has 1 nitrogen and oxygen atoms in total. The van der Waals surface area contributed by atoms with Gasteiger partial charge in [-0.3, -0.25) is 0 Å². The fourth-order valence-corrected chi connectivity index (χ4v) is 4.92. The lowest BCUT2D eigenvalue weighted by molar-refractivity contribution is 0.256. The van der Waals surface area contributed by atoms with Crippen LogP contribution >= 0.6 is 0 Å². The molecule has 1 fully saturated rings. The highest BCUT2D eigenvalue weighted by Crippen LogP contribution is 2.39. The van der Waals surface area contributed by atoms with Gasteiger partial charge in [-0.25, -0.2) is 0 Å². The number of unbranched alkanes of at least 4 members (excludes halogenated alkanes) is 1. The van der Waals surface area contributed by atoms with Gasteiger partial charge in [-0.2, -0.15) is 0 Å². The Hall–Kier alpha value is -1.76. The molecule has 0 bridgehead atoms. The van der Waals surface area contributed by atoms with Gasteiger partial charge in [-0.15, -0.1) is 0 Å². The summed E-state index contributed by atoms with van der Waals surface area (Å²) in [5.41, 5.74) is 4.09. The van der Waals surface area contributed by atoms with Crippen molar-refractivity contribution < 1.29 is 4.74 Å². The van der Waals surface area contributed by atoms with E-state index in [-0.39, 0.29) is 0 Å². The molecule has 1 aliphatic carbocycles. The van der Waals surface area contributed by atoms with E-state index >= 15 is 0 Å². The van der Waals surface area contributed by atoms with Crippen molar-refractivity contribution in [3.8, 4) is 16.9 Å². The van der Waals surface area contributed by atoms with Gasteiger partial charge >= 0.3 is 0 Å². The van der Waals surface area contributed by atoms with E-state index in [4.69, 9.17) is 4.74 Å². The van der Waals surface area contributed by atoms with Gasteiger partial charge in [0.15, 0.2) is 0 Å². The summed E-state index contributed by atoms with van der Waals surface area (Å²) >= 11 is 0. The van der Waals surface area contributed by atoms with E-state index in [0.29, 0.717) is 0 Å². The summed E-state index contributed by atoms with van der Waals surface area (Å²) in [6.45, 7) is 4.70. The number of hydrogen-bond acceptors (Lipinski definition) is 1. The highest BCUT2D eigenvalue weighted by atomic mass is 16.5. The van der Waals surface area contributed by atoms with Gasteiger partial charge in [0.25, 0.3) is 0 Å². The maximum Gasteiger partial charge on any atom is 0.118 e. The molecule has 1 aliphatic rings. The number of hydrogen-bond donors (Lipinski definition) is 0. The van der Waals surface area contributed by atoms with Crippen molar-refractivity contribution >= 4 is 0 Å². The monoisotopic (exact) mass is 378 g/mol. The highest BCUT2D eigenvalue weighted by molar-refractivity contribution is 5.64. The summed E-state index contributed by atoms with van der Waals surface area (Å²) in [5, 5.41) is 0. The van der Waals surface area contributed by atoms with Gasteiger partial charge in [-0.1, -0.05) is 75.9 Å². The summed E-state index contributed by atoms with van der Waals surface area (Å²) < 4.78 is 5.26. The molecule has 0 amide bonds. The van der Waals surface area contributed by atoms with E-state index in [2.05, 4.69) is 50.2 Å². The first-order chi connectivity index (χ1) is 13.7. The van der Waals surface area contributed by atoms with Gasteiger partial charge in [0.1, 0.15) is 5.75 Å². The largest absolute Gasteiger partial charge is 0.497 e. The van der Waals surface area contributed by atoms with Crippen LogP contribution in [0.4, 0.5) is 0 Å². The number of ether oxygens (including phenoxy) is 1. The molecule has 2 aromatic carbocycles. The van der Waals surface area contributed by atoms with Crippen molar-refractivity contribution in [1.29, 1.82) is 0 Å². The summed E-state index contributed by atoms with van der Waals surface area (Å²) in [4.78, 5) is 0. The molecule has 1 heteroatoms. The summed E-state index contributed by atoms with van der Waals surface area (Å²) in [7, 11) is 1.71. The van der Waals surface area contributed by atoms with E-state index in [0.717, 1.165) is 23.5 Å². The molecule has 0 N–H and O–H groups in total. The Bertz CT molecular complexity index is 677. The Morgan fingerprint density at radius 2 is 1.46 bits per heavy atom. The van der Waals surface area contributed by atoms with Crippen LogP contribution in [0.2, 0.25) is 0 Å². The van der Waals surface area contributed by atoms with Crippen molar-refractivity contribution in [3.05, 3.63) is 54.1 Å².